The third-order valence-corrected chi connectivity index (χ3v) is 4.96. The summed E-state index contributed by atoms with van der Waals surface area (Å²) in [6, 6.07) is 5.54. The molecule has 31 heavy (non-hydrogen) atoms. The van der Waals surface area contributed by atoms with Crippen LogP contribution in [0.4, 0.5) is 4.39 Å². The highest BCUT2D eigenvalue weighted by Crippen LogP contribution is 2.33. The Hall–Kier alpha value is -4.60. The summed E-state index contributed by atoms with van der Waals surface area (Å²) in [5.41, 5.74) is 4.43. The highest BCUT2D eigenvalue weighted by atomic mass is 19.1. The lowest BCUT2D eigenvalue weighted by Gasteiger charge is -2.03. The first-order valence-corrected chi connectivity index (χ1v) is 9.33. The van der Waals surface area contributed by atoms with E-state index in [0.29, 0.717) is 33.8 Å². The van der Waals surface area contributed by atoms with E-state index in [1.54, 1.807) is 18.6 Å². The predicted molar refractivity (Wildman–Crippen MR) is 111 cm³/mol. The van der Waals surface area contributed by atoms with E-state index in [4.69, 9.17) is 4.98 Å². The number of rotatable bonds is 3. The second-order valence-corrected chi connectivity index (χ2v) is 6.79. The van der Waals surface area contributed by atoms with Gasteiger partial charge in [-0.05, 0) is 18.2 Å². The van der Waals surface area contributed by atoms with Crippen LogP contribution in [-0.4, -0.2) is 45.1 Å². The number of halogens is 1. The molecule has 6 aromatic rings. The summed E-state index contributed by atoms with van der Waals surface area (Å²) >= 11 is 0. The Morgan fingerprint density at radius 1 is 0.742 bits per heavy atom. The van der Waals surface area contributed by atoms with E-state index in [2.05, 4.69) is 40.1 Å². The molecule has 0 aliphatic rings. The Kier molecular flexibility index (Phi) is 3.75. The zero-order chi connectivity index (χ0) is 20.8. The summed E-state index contributed by atoms with van der Waals surface area (Å²) in [7, 11) is 0. The number of H-pyrrole nitrogens is 2. The van der Waals surface area contributed by atoms with Crippen LogP contribution < -0.4 is 0 Å². The van der Waals surface area contributed by atoms with E-state index < -0.39 is 5.82 Å². The van der Waals surface area contributed by atoms with Gasteiger partial charge < -0.3 is 4.98 Å². The van der Waals surface area contributed by atoms with Crippen molar-refractivity contribution in [3.05, 3.63) is 67.5 Å². The van der Waals surface area contributed by atoms with Crippen molar-refractivity contribution in [2.75, 3.05) is 0 Å². The lowest BCUT2D eigenvalue weighted by molar-refractivity contribution is 0.638. The molecule has 0 spiro atoms. The summed E-state index contributed by atoms with van der Waals surface area (Å²) in [6.07, 6.45) is 11.0. The number of hydrogen-bond acceptors (Lipinski definition) is 7. The van der Waals surface area contributed by atoms with Crippen LogP contribution in [-0.2, 0) is 0 Å². The number of nitrogens with one attached hydrogen (secondary N) is 2. The minimum Gasteiger partial charge on any atom is -0.336 e. The summed E-state index contributed by atoms with van der Waals surface area (Å²) in [6.45, 7) is 0. The van der Waals surface area contributed by atoms with Gasteiger partial charge >= 0.3 is 0 Å². The maximum atomic E-state index is 15.5. The van der Waals surface area contributed by atoms with Gasteiger partial charge in [0.15, 0.2) is 11.6 Å². The number of aromatic nitrogens is 9. The minimum atomic E-state index is -0.524. The third kappa shape index (κ3) is 2.73. The molecule has 0 fully saturated rings. The monoisotopic (exact) mass is 409 g/mol. The molecule has 6 heterocycles. The second-order valence-electron chi connectivity index (χ2n) is 6.79. The van der Waals surface area contributed by atoms with E-state index in [-0.39, 0.29) is 11.1 Å². The van der Waals surface area contributed by atoms with Gasteiger partial charge in [0.1, 0.15) is 23.2 Å². The fourth-order valence-electron chi connectivity index (χ4n) is 3.54. The zero-order valence-corrected chi connectivity index (χ0v) is 15.8. The molecule has 0 radical (unpaired) electrons. The van der Waals surface area contributed by atoms with Gasteiger partial charge in [0.25, 0.3) is 0 Å². The van der Waals surface area contributed by atoms with Crippen LogP contribution in [0.5, 0.6) is 0 Å². The van der Waals surface area contributed by atoms with Crippen molar-refractivity contribution >= 4 is 21.9 Å². The molecule has 0 amide bonds. The second kappa shape index (κ2) is 6.73. The van der Waals surface area contributed by atoms with Gasteiger partial charge in [0.05, 0.1) is 28.3 Å². The molecule has 0 bridgehead atoms. The van der Waals surface area contributed by atoms with Crippen molar-refractivity contribution in [3.8, 4) is 34.0 Å². The molecule has 0 saturated heterocycles. The van der Waals surface area contributed by atoms with Gasteiger partial charge in [-0.3, -0.25) is 20.1 Å². The van der Waals surface area contributed by atoms with Crippen molar-refractivity contribution in [1.29, 1.82) is 0 Å². The largest absolute Gasteiger partial charge is 0.336 e. The standard InChI is InChI=1S/C21H12FN9/c22-16-15-14(9-27-17(16)12-7-24-10-25-8-12)30-31-20(15)21-28-13-3-6-26-18(19(13)29-21)11-1-4-23-5-2-11/h1-10H,(H,28,29)(H,30,31). The molecule has 0 atom stereocenters. The van der Waals surface area contributed by atoms with Crippen LogP contribution in [0.3, 0.4) is 0 Å². The van der Waals surface area contributed by atoms with Crippen LogP contribution in [0.2, 0.25) is 0 Å². The first-order chi connectivity index (χ1) is 15.3. The summed E-state index contributed by atoms with van der Waals surface area (Å²) < 4.78 is 15.5. The Labute approximate surface area is 173 Å². The molecule has 0 unspecified atom stereocenters. The van der Waals surface area contributed by atoms with Crippen LogP contribution in [0.1, 0.15) is 0 Å². The van der Waals surface area contributed by atoms with Crippen molar-refractivity contribution in [2.45, 2.75) is 0 Å². The van der Waals surface area contributed by atoms with Gasteiger partial charge in [0, 0.05) is 42.1 Å². The van der Waals surface area contributed by atoms with Gasteiger partial charge in [-0.15, -0.1) is 0 Å². The summed E-state index contributed by atoms with van der Waals surface area (Å²) in [5.74, 6) is -0.103. The molecule has 6 rings (SSSR count). The van der Waals surface area contributed by atoms with E-state index >= 15 is 4.39 Å². The number of hydrogen-bond donors (Lipinski definition) is 2. The number of imidazole rings is 1. The number of aromatic amines is 2. The molecule has 9 nitrogen and oxygen atoms in total. The number of nitrogens with zero attached hydrogens (tertiary/aromatic N) is 7. The van der Waals surface area contributed by atoms with E-state index in [1.807, 2.05) is 18.2 Å². The predicted octanol–water partition coefficient (Wildman–Crippen LogP) is 3.55. The molecule has 2 N–H and O–H groups in total. The highest BCUT2D eigenvalue weighted by Gasteiger charge is 2.21. The average molecular weight is 409 g/mol. The van der Waals surface area contributed by atoms with E-state index in [0.717, 1.165) is 11.1 Å². The van der Waals surface area contributed by atoms with Gasteiger partial charge in [-0.25, -0.2) is 19.3 Å². The number of fused-ring (bicyclic) bond motifs is 2. The minimum absolute atomic E-state index is 0.144. The van der Waals surface area contributed by atoms with Crippen LogP contribution in [0, 0.1) is 5.82 Å². The lowest BCUT2D eigenvalue weighted by Crippen LogP contribution is -1.93. The van der Waals surface area contributed by atoms with Crippen LogP contribution in [0.25, 0.3) is 56.0 Å². The van der Waals surface area contributed by atoms with Gasteiger partial charge in [-0.1, -0.05) is 0 Å². The molecule has 10 heteroatoms. The fourth-order valence-corrected chi connectivity index (χ4v) is 3.54. The molecule has 0 aliphatic carbocycles. The first-order valence-electron chi connectivity index (χ1n) is 9.33. The Balaban J connectivity index is 1.56. The molecule has 0 saturated carbocycles. The van der Waals surface area contributed by atoms with Gasteiger partial charge in [0.2, 0.25) is 0 Å². The Morgan fingerprint density at radius 2 is 1.58 bits per heavy atom. The van der Waals surface area contributed by atoms with E-state index in [9.17, 15) is 0 Å². The fraction of sp³-hybridized carbons (Fsp3) is 0. The topological polar surface area (TPSA) is 122 Å². The maximum absolute atomic E-state index is 15.5. The Bertz CT molecular complexity index is 1540. The summed E-state index contributed by atoms with van der Waals surface area (Å²) in [5, 5.41) is 7.41. The third-order valence-electron chi connectivity index (χ3n) is 4.96. The van der Waals surface area contributed by atoms with Crippen molar-refractivity contribution in [3.63, 3.8) is 0 Å². The molecule has 6 aromatic heterocycles. The maximum Gasteiger partial charge on any atom is 0.161 e. The van der Waals surface area contributed by atoms with Crippen molar-refractivity contribution in [1.82, 2.24) is 45.1 Å². The summed E-state index contributed by atoms with van der Waals surface area (Å²) in [4.78, 5) is 28.5. The lowest BCUT2D eigenvalue weighted by atomic mass is 10.1. The van der Waals surface area contributed by atoms with Crippen molar-refractivity contribution in [2.24, 2.45) is 0 Å². The average Bonchev–Trinajstić information content (AvgIpc) is 3.45. The number of pyridine rings is 3. The Morgan fingerprint density at radius 3 is 2.42 bits per heavy atom. The molecule has 0 aromatic carbocycles. The highest BCUT2D eigenvalue weighted by molar-refractivity contribution is 5.97. The molecule has 148 valence electrons. The first kappa shape index (κ1) is 17.3. The normalized spacial score (nSPS) is 11.4. The van der Waals surface area contributed by atoms with Crippen LogP contribution in [0.15, 0.2) is 61.7 Å². The molecule has 0 aliphatic heterocycles. The van der Waals surface area contributed by atoms with Crippen molar-refractivity contribution < 1.29 is 4.39 Å². The quantitative estimate of drug-likeness (QED) is 0.458. The molecular weight excluding hydrogens is 397 g/mol. The van der Waals surface area contributed by atoms with Crippen LogP contribution >= 0.6 is 0 Å². The van der Waals surface area contributed by atoms with Gasteiger partial charge in [-0.2, -0.15) is 5.10 Å². The molecular formula is C21H12FN9. The zero-order valence-electron chi connectivity index (χ0n) is 15.8. The SMILES string of the molecule is Fc1c(-c2cncnc2)ncc2[nH]nc(-c3nc4c(-c5ccncc5)nccc4[nH]3)c12. The van der Waals surface area contributed by atoms with E-state index in [1.165, 1.54) is 24.9 Å². The smallest absolute Gasteiger partial charge is 0.161 e.